The minimum atomic E-state index is -0.898. The zero-order valence-electron chi connectivity index (χ0n) is 7.05. The van der Waals surface area contributed by atoms with Gasteiger partial charge in [0.25, 0.3) is 0 Å². The molecule has 0 bridgehead atoms. The third kappa shape index (κ3) is 1.85. The van der Waals surface area contributed by atoms with Crippen LogP contribution >= 0.6 is 0 Å². The maximum absolute atomic E-state index is 10.3. The van der Waals surface area contributed by atoms with E-state index in [9.17, 15) is 4.79 Å². The van der Waals surface area contributed by atoms with E-state index >= 15 is 0 Å². The van der Waals surface area contributed by atoms with Crippen molar-refractivity contribution in [1.82, 2.24) is 5.32 Å². The first kappa shape index (κ1) is 8.37. The molecule has 1 amide bonds. The van der Waals surface area contributed by atoms with Gasteiger partial charge in [-0.3, -0.25) is 0 Å². The molecule has 1 aliphatic rings. The highest BCUT2D eigenvalue weighted by atomic mass is 16.4. The Balaban J connectivity index is 2.51. The fraction of sp³-hybridized carbons (Fsp3) is 0.875. The molecule has 2 N–H and O–H groups in total. The summed E-state index contributed by atoms with van der Waals surface area (Å²) in [6.07, 6.45) is 2.35. The summed E-state index contributed by atoms with van der Waals surface area (Å²) in [6.45, 7) is 4.22. The number of hydrogen-bond donors (Lipinski definition) is 2. The number of rotatable bonds is 1. The Kier molecular flexibility index (Phi) is 2.07. The summed E-state index contributed by atoms with van der Waals surface area (Å²) in [4.78, 5) is 10.3. The van der Waals surface area contributed by atoms with Gasteiger partial charge in [-0.2, -0.15) is 0 Å². The van der Waals surface area contributed by atoms with E-state index in [-0.39, 0.29) is 11.5 Å². The molecule has 1 aliphatic carbocycles. The zero-order chi connectivity index (χ0) is 8.48. The van der Waals surface area contributed by atoms with Gasteiger partial charge in [0.1, 0.15) is 0 Å². The Labute approximate surface area is 66.8 Å². The van der Waals surface area contributed by atoms with Gasteiger partial charge in [-0.05, 0) is 18.3 Å². The largest absolute Gasteiger partial charge is 0.465 e. The second kappa shape index (κ2) is 2.72. The highest BCUT2D eigenvalue weighted by Crippen LogP contribution is 2.36. The van der Waals surface area contributed by atoms with E-state index in [1.807, 2.05) is 0 Å². The van der Waals surface area contributed by atoms with E-state index in [4.69, 9.17) is 5.11 Å². The minimum Gasteiger partial charge on any atom is -0.465 e. The molecule has 0 saturated heterocycles. The summed E-state index contributed by atoms with van der Waals surface area (Å²) in [5, 5.41) is 11.0. The predicted molar refractivity (Wildman–Crippen MR) is 42.6 cm³/mol. The zero-order valence-corrected chi connectivity index (χ0v) is 7.05. The lowest BCUT2D eigenvalue weighted by molar-refractivity contribution is 0.178. The average molecular weight is 157 g/mol. The minimum absolute atomic E-state index is 0.151. The van der Waals surface area contributed by atoms with Crippen molar-refractivity contribution in [3.8, 4) is 0 Å². The molecule has 0 heterocycles. The molecule has 1 fully saturated rings. The van der Waals surface area contributed by atoms with E-state index in [1.54, 1.807) is 0 Å². The van der Waals surface area contributed by atoms with Crippen molar-refractivity contribution in [3.63, 3.8) is 0 Å². The Morgan fingerprint density at radius 2 is 2.27 bits per heavy atom. The highest BCUT2D eigenvalue weighted by Gasteiger charge is 2.35. The van der Waals surface area contributed by atoms with Gasteiger partial charge in [-0.15, -0.1) is 0 Å². The second-order valence-corrected chi connectivity index (χ2v) is 3.88. The van der Waals surface area contributed by atoms with Crippen molar-refractivity contribution >= 4 is 6.09 Å². The fourth-order valence-electron chi connectivity index (χ4n) is 1.74. The van der Waals surface area contributed by atoms with Crippen molar-refractivity contribution in [3.05, 3.63) is 0 Å². The molecule has 0 radical (unpaired) electrons. The quantitative estimate of drug-likeness (QED) is 0.610. The van der Waals surface area contributed by atoms with E-state index in [2.05, 4.69) is 19.2 Å². The van der Waals surface area contributed by atoms with Gasteiger partial charge in [-0.25, -0.2) is 4.79 Å². The normalized spacial score (nSPS) is 28.4. The number of hydrogen-bond acceptors (Lipinski definition) is 1. The Hall–Kier alpha value is -0.730. The fourth-order valence-corrected chi connectivity index (χ4v) is 1.74. The van der Waals surface area contributed by atoms with E-state index in [0.29, 0.717) is 0 Å². The van der Waals surface area contributed by atoms with Gasteiger partial charge in [0.2, 0.25) is 0 Å². The third-order valence-corrected chi connectivity index (χ3v) is 2.55. The summed E-state index contributed by atoms with van der Waals surface area (Å²) in [7, 11) is 0. The first-order valence-corrected chi connectivity index (χ1v) is 4.02. The van der Waals surface area contributed by atoms with Crippen LogP contribution in [0.2, 0.25) is 0 Å². The first-order chi connectivity index (χ1) is 5.02. The van der Waals surface area contributed by atoms with Gasteiger partial charge in [-0.1, -0.05) is 20.3 Å². The first-order valence-electron chi connectivity index (χ1n) is 4.02. The lowest BCUT2D eigenvalue weighted by Crippen LogP contribution is -2.40. The van der Waals surface area contributed by atoms with Crippen molar-refractivity contribution in [2.24, 2.45) is 5.41 Å². The molecule has 1 unspecified atom stereocenters. The highest BCUT2D eigenvalue weighted by molar-refractivity contribution is 5.65. The lowest BCUT2D eigenvalue weighted by Gasteiger charge is -2.26. The smallest absolute Gasteiger partial charge is 0.404 e. The van der Waals surface area contributed by atoms with Crippen LogP contribution in [0.3, 0.4) is 0 Å². The van der Waals surface area contributed by atoms with Crippen LogP contribution in [0.5, 0.6) is 0 Å². The van der Waals surface area contributed by atoms with Crippen LogP contribution in [-0.2, 0) is 0 Å². The van der Waals surface area contributed by atoms with Crippen molar-refractivity contribution < 1.29 is 9.90 Å². The van der Waals surface area contributed by atoms with Crippen LogP contribution in [0.4, 0.5) is 4.79 Å². The summed E-state index contributed by atoms with van der Waals surface area (Å²) in [6, 6.07) is 0.153. The average Bonchev–Trinajstić information content (AvgIpc) is 2.10. The molecule has 3 nitrogen and oxygen atoms in total. The van der Waals surface area contributed by atoms with Crippen molar-refractivity contribution in [1.29, 1.82) is 0 Å². The van der Waals surface area contributed by atoms with Crippen LogP contribution < -0.4 is 5.32 Å². The lowest BCUT2D eigenvalue weighted by atomic mass is 9.87. The SMILES string of the molecule is CC1(C)CCCC1NC(=O)O. The molecule has 1 saturated carbocycles. The molecule has 0 aliphatic heterocycles. The van der Waals surface area contributed by atoms with E-state index < -0.39 is 6.09 Å². The molecule has 3 heteroatoms. The van der Waals surface area contributed by atoms with Crippen LogP contribution in [0, 0.1) is 5.41 Å². The van der Waals surface area contributed by atoms with Gasteiger partial charge in [0.05, 0.1) is 0 Å². The number of nitrogens with one attached hydrogen (secondary N) is 1. The van der Waals surface area contributed by atoms with Gasteiger partial charge in [0, 0.05) is 6.04 Å². The summed E-state index contributed by atoms with van der Waals surface area (Å²) < 4.78 is 0. The predicted octanol–water partition coefficient (Wildman–Crippen LogP) is 1.83. The molecular formula is C8H15NO2. The van der Waals surface area contributed by atoms with Gasteiger partial charge < -0.3 is 10.4 Å². The Morgan fingerprint density at radius 3 is 2.64 bits per heavy atom. The molecule has 1 atom stereocenters. The molecule has 0 aromatic heterocycles. The topological polar surface area (TPSA) is 49.3 Å². The molecule has 11 heavy (non-hydrogen) atoms. The Bertz CT molecular complexity index is 165. The summed E-state index contributed by atoms with van der Waals surface area (Å²) in [5.74, 6) is 0. The number of carbonyl (C=O) groups is 1. The maximum atomic E-state index is 10.3. The van der Waals surface area contributed by atoms with Crippen LogP contribution in [0.15, 0.2) is 0 Å². The summed E-state index contributed by atoms with van der Waals surface area (Å²) >= 11 is 0. The second-order valence-electron chi connectivity index (χ2n) is 3.88. The summed E-state index contributed by atoms with van der Waals surface area (Å²) in [5.41, 5.74) is 0.151. The van der Waals surface area contributed by atoms with Crippen molar-refractivity contribution in [2.45, 2.75) is 39.2 Å². The molecule has 1 rings (SSSR count). The van der Waals surface area contributed by atoms with Gasteiger partial charge in [0.15, 0.2) is 0 Å². The van der Waals surface area contributed by atoms with E-state index in [1.165, 1.54) is 0 Å². The van der Waals surface area contributed by atoms with E-state index in [0.717, 1.165) is 19.3 Å². The van der Waals surface area contributed by atoms with Crippen LogP contribution in [-0.4, -0.2) is 17.2 Å². The van der Waals surface area contributed by atoms with Crippen LogP contribution in [0.25, 0.3) is 0 Å². The van der Waals surface area contributed by atoms with Crippen LogP contribution in [0.1, 0.15) is 33.1 Å². The molecule has 0 aromatic carbocycles. The standard InChI is InChI=1S/C8H15NO2/c1-8(2)5-3-4-6(8)9-7(10)11/h6,9H,3-5H2,1-2H3,(H,10,11). The number of carboxylic acid groups (broad SMARTS) is 1. The number of amides is 1. The van der Waals surface area contributed by atoms with Crippen molar-refractivity contribution in [2.75, 3.05) is 0 Å². The maximum Gasteiger partial charge on any atom is 0.404 e. The Morgan fingerprint density at radius 1 is 1.64 bits per heavy atom. The third-order valence-electron chi connectivity index (χ3n) is 2.55. The molecule has 0 spiro atoms. The van der Waals surface area contributed by atoms with Gasteiger partial charge >= 0.3 is 6.09 Å². The molecular weight excluding hydrogens is 142 g/mol. The molecule has 64 valence electrons. The molecule has 0 aromatic rings. The monoisotopic (exact) mass is 157 g/mol.